The highest BCUT2D eigenvalue weighted by atomic mass is 79.9. The van der Waals surface area contributed by atoms with Crippen molar-refractivity contribution in [3.8, 4) is 5.75 Å². The molecule has 7 nitrogen and oxygen atoms in total. The van der Waals surface area contributed by atoms with E-state index >= 15 is 0 Å². The molecule has 4 rings (SSSR count). The summed E-state index contributed by atoms with van der Waals surface area (Å²) in [7, 11) is 1.54. The number of morpholine rings is 1. The van der Waals surface area contributed by atoms with Crippen molar-refractivity contribution >= 4 is 33.4 Å². The molecule has 2 aliphatic heterocycles. The van der Waals surface area contributed by atoms with E-state index in [1.807, 2.05) is 24.3 Å². The Bertz CT molecular complexity index is 1050. The van der Waals surface area contributed by atoms with Crippen molar-refractivity contribution in [3.63, 3.8) is 0 Å². The molecule has 174 valence electrons. The number of benzene rings is 2. The second kappa shape index (κ2) is 10.5. The molecular formula is C25H27BrN2O5. The van der Waals surface area contributed by atoms with Gasteiger partial charge >= 0.3 is 0 Å². The molecule has 2 aromatic rings. The molecule has 0 aliphatic carbocycles. The minimum absolute atomic E-state index is 0.0990. The maximum absolute atomic E-state index is 13.1. The van der Waals surface area contributed by atoms with E-state index in [1.54, 1.807) is 29.2 Å². The Morgan fingerprint density at radius 3 is 2.55 bits per heavy atom. The molecule has 8 heteroatoms. The van der Waals surface area contributed by atoms with Crippen LogP contribution >= 0.6 is 15.9 Å². The Morgan fingerprint density at radius 2 is 1.85 bits per heavy atom. The lowest BCUT2D eigenvalue weighted by Crippen LogP contribution is -2.38. The normalized spacial score (nSPS) is 20.9. The Hall–Kier alpha value is -2.68. The van der Waals surface area contributed by atoms with Crippen LogP contribution in [0.5, 0.6) is 5.75 Å². The smallest absolute Gasteiger partial charge is 0.295 e. The van der Waals surface area contributed by atoms with Crippen LogP contribution in [0.3, 0.4) is 0 Å². The SMILES string of the molecule is COc1cccc(/C(O)=C2\C(=O)C(=O)N(CCCN3CCOCC3)[C@H]2c2ccc(Br)cc2)c1. The lowest BCUT2D eigenvalue weighted by molar-refractivity contribution is -0.140. The fourth-order valence-corrected chi connectivity index (χ4v) is 4.58. The Kier molecular flexibility index (Phi) is 7.47. The molecule has 2 aliphatic rings. The zero-order valence-electron chi connectivity index (χ0n) is 18.5. The number of ether oxygens (including phenoxy) is 2. The van der Waals surface area contributed by atoms with Gasteiger partial charge < -0.3 is 19.5 Å². The van der Waals surface area contributed by atoms with Crippen LogP contribution in [0.25, 0.3) is 5.76 Å². The number of likely N-dealkylation sites (tertiary alicyclic amines) is 1. The first-order valence-corrected chi connectivity index (χ1v) is 11.8. The molecule has 0 aromatic heterocycles. The fourth-order valence-electron chi connectivity index (χ4n) is 4.32. The van der Waals surface area contributed by atoms with E-state index in [4.69, 9.17) is 9.47 Å². The Morgan fingerprint density at radius 1 is 1.12 bits per heavy atom. The summed E-state index contributed by atoms with van der Waals surface area (Å²) in [4.78, 5) is 30.1. The first-order chi connectivity index (χ1) is 16.0. The molecule has 1 amide bonds. The summed E-state index contributed by atoms with van der Waals surface area (Å²) in [6.45, 7) is 4.39. The zero-order valence-corrected chi connectivity index (χ0v) is 20.1. The molecule has 33 heavy (non-hydrogen) atoms. The minimum Gasteiger partial charge on any atom is -0.507 e. The highest BCUT2D eigenvalue weighted by molar-refractivity contribution is 9.10. The van der Waals surface area contributed by atoms with Gasteiger partial charge in [0.25, 0.3) is 11.7 Å². The minimum atomic E-state index is -0.672. The molecule has 0 radical (unpaired) electrons. The van der Waals surface area contributed by atoms with Crippen molar-refractivity contribution in [2.24, 2.45) is 0 Å². The highest BCUT2D eigenvalue weighted by Crippen LogP contribution is 2.40. The van der Waals surface area contributed by atoms with E-state index in [9.17, 15) is 14.7 Å². The summed E-state index contributed by atoms with van der Waals surface area (Å²) in [5, 5.41) is 11.2. The number of aliphatic hydroxyl groups excluding tert-OH is 1. The Labute approximate surface area is 201 Å². The summed E-state index contributed by atoms with van der Waals surface area (Å²) in [6, 6.07) is 13.7. The maximum atomic E-state index is 13.1. The van der Waals surface area contributed by atoms with Gasteiger partial charge in [-0.3, -0.25) is 14.5 Å². The average molecular weight is 515 g/mol. The molecule has 0 spiro atoms. The van der Waals surface area contributed by atoms with Gasteiger partial charge in [0.1, 0.15) is 11.5 Å². The van der Waals surface area contributed by atoms with Crippen LogP contribution in [0, 0.1) is 0 Å². The number of hydrogen-bond acceptors (Lipinski definition) is 6. The molecule has 2 fully saturated rings. The number of aliphatic hydroxyl groups is 1. The van der Waals surface area contributed by atoms with Gasteiger partial charge in [-0.15, -0.1) is 0 Å². The fraction of sp³-hybridized carbons (Fsp3) is 0.360. The van der Waals surface area contributed by atoms with Crippen LogP contribution < -0.4 is 4.74 Å². The van der Waals surface area contributed by atoms with Gasteiger partial charge in [0.15, 0.2) is 0 Å². The predicted octanol–water partition coefficient (Wildman–Crippen LogP) is 3.60. The molecule has 0 unspecified atom stereocenters. The summed E-state index contributed by atoms with van der Waals surface area (Å²) in [5.74, 6) is -0.904. The predicted molar refractivity (Wildman–Crippen MR) is 128 cm³/mol. The van der Waals surface area contributed by atoms with Gasteiger partial charge in [-0.2, -0.15) is 0 Å². The molecule has 2 saturated heterocycles. The van der Waals surface area contributed by atoms with Crippen molar-refractivity contribution in [3.05, 3.63) is 69.7 Å². The molecule has 1 N–H and O–H groups in total. The molecule has 0 bridgehead atoms. The third-order valence-electron chi connectivity index (χ3n) is 6.05. The van der Waals surface area contributed by atoms with Gasteiger partial charge in [-0.1, -0.05) is 40.2 Å². The summed E-state index contributed by atoms with van der Waals surface area (Å²) in [6.07, 6.45) is 0.721. The summed E-state index contributed by atoms with van der Waals surface area (Å²) in [5.41, 5.74) is 1.30. The molecule has 2 aromatic carbocycles. The highest BCUT2D eigenvalue weighted by Gasteiger charge is 2.45. The van der Waals surface area contributed by atoms with Gasteiger partial charge in [-0.25, -0.2) is 0 Å². The lowest BCUT2D eigenvalue weighted by Gasteiger charge is -2.29. The number of nitrogens with zero attached hydrogens (tertiary/aromatic N) is 2. The molecule has 2 heterocycles. The average Bonchev–Trinajstić information content (AvgIpc) is 3.10. The van der Waals surface area contributed by atoms with E-state index in [0.29, 0.717) is 31.1 Å². The quantitative estimate of drug-likeness (QED) is 0.345. The summed E-state index contributed by atoms with van der Waals surface area (Å²) >= 11 is 3.44. The number of carbonyl (C=O) groups is 2. The second-order valence-electron chi connectivity index (χ2n) is 8.08. The number of halogens is 1. The second-order valence-corrected chi connectivity index (χ2v) is 9.00. The van der Waals surface area contributed by atoms with Crippen molar-refractivity contribution in [2.45, 2.75) is 12.5 Å². The number of carbonyl (C=O) groups excluding carboxylic acids is 2. The van der Waals surface area contributed by atoms with Crippen LogP contribution in [-0.4, -0.2) is 73.1 Å². The van der Waals surface area contributed by atoms with E-state index < -0.39 is 17.7 Å². The van der Waals surface area contributed by atoms with Crippen LogP contribution in [0.4, 0.5) is 0 Å². The van der Waals surface area contributed by atoms with Gasteiger partial charge in [0.05, 0.1) is 31.9 Å². The molecular weight excluding hydrogens is 488 g/mol. The van der Waals surface area contributed by atoms with E-state index in [2.05, 4.69) is 20.8 Å². The monoisotopic (exact) mass is 514 g/mol. The topological polar surface area (TPSA) is 79.3 Å². The van der Waals surface area contributed by atoms with Crippen molar-refractivity contribution in [2.75, 3.05) is 46.5 Å². The van der Waals surface area contributed by atoms with Crippen LogP contribution in [0.2, 0.25) is 0 Å². The maximum Gasteiger partial charge on any atom is 0.295 e. The first kappa shape index (κ1) is 23.5. The van der Waals surface area contributed by atoms with Crippen molar-refractivity contribution < 1.29 is 24.2 Å². The summed E-state index contributed by atoms with van der Waals surface area (Å²) < 4.78 is 11.5. The lowest BCUT2D eigenvalue weighted by atomic mass is 9.95. The standard InChI is InChI=1S/C25H27BrN2O5/c1-32-20-5-2-4-18(16-20)23(29)21-22(17-6-8-19(26)9-7-17)28(25(31)24(21)30)11-3-10-27-12-14-33-15-13-27/h2,4-9,16,22,29H,3,10-15H2,1H3/b23-21+/t22-/m0/s1. The van der Waals surface area contributed by atoms with Gasteiger partial charge in [0.2, 0.25) is 0 Å². The number of hydrogen-bond donors (Lipinski definition) is 1. The van der Waals surface area contributed by atoms with E-state index in [-0.39, 0.29) is 11.3 Å². The third kappa shape index (κ3) is 5.13. The molecule has 1 atom stereocenters. The number of rotatable bonds is 7. The van der Waals surface area contributed by atoms with Crippen molar-refractivity contribution in [1.82, 2.24) is 9.80 Å². The van der Waals surface area contributed by atoms with Crippen LogP contribution in [-0.2, 0) is 14.3 Å². The van der Waals surface area contributed by atoms with Gasteiger partial charge in [-0.05, 0) is 36.2 Å². The number of amides is 1. The van der Waals surface area contributed by atoms with Crippen LogP contribution in [0.15, 0.2) is 58.6 Å². The molecule has 0 saturated carbocycles. The number of methoxy groups -OCH3 is 1. The van der Waals surface area contributed by atoms with E-state index in [0.717, 1.165) is 36.1 Å². The van der Waals surface area contributed by atoms with Gasteiger partial charge in [0, 0.05) is 36.2 Å². The third-order valence-corrected chi connectivity index (χ3v) is 6.57. The van der Waals surface area contributed by atoms with E-state index in [1.165, 1.54) is 7.11 Å². The van der Waals surface area contributed by atoms with Crippen molar-refractivity contribution in [1.29, 1.82) is 0 Å². The first-order valence-electron chi connectivity index (χ1n) is 11.0. The largest absolute Gasteiger partial charge is 0.507 e. The van der Waals surface area contributed by atoms with Crippen LogP contribution in [0.1, 0.15) is 23.6 Å². The zero-order chi connectivity index (χ0) is 23.4. The number of Topliss-reactive ketones (excluding diaryl/α,β-unsaturated/α-hetero) is 1. The Balaban J connectivity index is 1.67. The number of ketones is 1.